The van der Waals surface area contributed by atoms with E-state index in [1.165, 1.54) is 0 Å². The average molecular weight is 338 g/mol. The van der Waals surface area contributed by atoms with Gasteiger partial charge in [0.15, 0.2) is 0 Å². The van der Waals surface area contributed by atoms with Gasteiger partial charge in [-0.25, -0.2) is 9.36 Å². The Morgan fingerprint density at radius 1 is 1.05 bits per heavy atom. The fourth-order valence-electron chi connectivity index (χ4n) is 1.45. The van der Waals surface area contributed by atoms with Crippen LogP contribution in [0.4, 0.5) is 0 Å². The fraction of sp³-hybridized carbons (Fsp3) is 0.786. The Morgan fingerprint density at radius 3 is 2.00 bits per heavy atom. The molecule has 0 aromatic carbocycles. The third-order valence-corrected chi connectivity index (χ3v) is 4.45. The first-order valence-electron chi connectivity index (χ1n) is 7.34. The maximum absolute atomic E-state index is 12.1. The van der Waals surface area contributed by atoms with Crippen LogP contribution in [0.5, 0.6) is 0 Å². The summed E-state index contributed by atoms with van der Waals surface area (Å²) >= 11 is 0. The van der Waals surface area contributed by atoms with Gasteiger partial charge in [0.25, 0.3) is 0 Å². The van der Waals surface area contributed by atoms with Crippen molar-refractivity contribution in [3.63, 3.8) is 0 Å². The summed E-state index contributed by atoms with van der Waals surface area (Å²) in [5, 5.41) is 0. The van der Waals surface area contributed by atoms with Crippen molar-refractivity contribution in [1.29, 1.82) is 0 Å². The standard InChI is InChI=1S/C14H29NO6P/c1-7-19-22(17,20-8-2)21-12-10-15(5,6)9-11-18-14(16)13(3)4/h3,7-12H2,1-2,4-6H3/q+1. The van der Waals surface area contributed by atoms with Crippen molar-refractivity contribution in [3.8, 4) is 0 Å². The number of phosphoric ester groups is 1. The fourth-order valence-corrected chi connectivity index (χ4v) is 2.61. The first-order valence-corrected chi connectivity index (χ1v) is 8.80. The third-order valence-electron chi connectivity index (χ3n) is 2.80. The number of nitrogens with zero attached hydrogens (tertiary/aromatic N) is 1. The molecule has 0 rings (SSSR count). The van der Waals surface area contributed by atoms with Crippen LogP contribution in [0.25, 0.3) is 0 Å². The lowest BCUT2D eigenvalue weighted by atomic mass is 10.4. The Balaban J connectivity index is 4.17. The number of carbonyl (C=O) groups is 1. The van der Waals surface area contributed by atoms with E-state index in [4.69, 9.17) is 18.3 Å². The molecule has 0 radical (unpaired) electrons. The quantitative estimate of drug-likeness (QED) is 0.235. The summed E-state index contributed by atoms with van der Waals surface area (Å²) in [6.07, 6.45) is 0. The Morgan fingerprint density at radius 2 is 1.55 bits per heavy atom. The van der Waals surface area contributed by atoms with Crippen molar-refractivity contribution in [3.05, 3.63) is 12.2 Å². The van der Waals surface area contributed by atoms with Gasteiger partial charge in [-0.2, -0.15) is 0 Å². The number of likely N-dealkylation sites (N-methyl/N-ethyl adjacent to an activating group) is 1. The highest BCUT2D eigenvalue weighted by molar-refractivity contribution is 7.48. The van der Waals surface area contributed by atoms with Gasteiger partial charge in [0.1, 0.15) is 26.3 Å². The van der Waals surface area contributed by atoms with Crippen LogP contribution in [0, 0.1) is 0 Å². The first kappa shape index (κ1) is 21.3. The Kier molecular flexibility index (Phi) is 9.80. The van der Waals surface area contributed by atoms with Crippen molar-refractivity contribution in [2.24, 2.45) is 0 Å². The highest BCUT2D eigenvalue weighted by Crippen LogP contribution is 2.49. The maximum Gasteiger partial charge on any atom is 0.474 e. The Labute approximate surface area is 133 Å². The number of rotatable bonds is 12. The zero-order valence-electron chi connectivity index (χ0n) is 14.3. The zero-order valence-corrected chi connectivity index (χ0v) is 15.2. The minimum Gasteiger partial charge on any atom is -0.456 e. The molecule has 0 bridgehead atoms. The van der Waals surface area contributed by atoms with E-state index in [9.17, 15) is 9.36 Å². The molecule has 0 unspecified atom stereocenters. The normalized spacial score (nSPS) is 12.2. The predicted octanol–water partition coefficient (Wildman–Crippen LogP) is 2.38. The predicted molar refractivity (Wildman–Crippen MR) is 84.4 cm³/mol. The molecule has 0 amide bonds. The number of hydrogen-bond donors (Lipinski definition) is 0. The molecule has 0 heterocycles. The van der Waals surface area contributed by atoms with Gasteiger partial charge in [0, 0.05) is 5.57 Å². The molecule has 0 aliphatic rings. The van der Waals surface area contributed by atoms with E-state index in [1.807, 2.05) is 14.1 Å². The molecule has 0 saturated heterocycles. The van der Waals surface area contributed by atoms with Gasteiger partial charge in [-0.15, -0.1) is 0 Å². The maximum atomic E-state index is 12.1. The summed E-state index contributed by atoms with van der Waals surface area (Å²) in [4.78, 5) is 11.3. The molecule has 0 aliphatic heterocycles. The molecule has 0 aromatic rings. The Hall–Kier alpha value is -0.720. The van der Waals surface area contributed by atoms with Crippen molar-refractivity contribution < 1.29 is 32.2 Å². The van der Waals surface area contributed by atoms with Gasteiger partial charge in [0.2, 0.25) is 0 Å². The second-order valence-corrected chi connectivity index (χ2v) is 7.08. The van der Waals surface area contributed by atoms with Crippen LogP contribution in [-0.4, -0.2) is 64.1 Å². The topological polar surface area (TPSA) is 71.1 Å². The van der Waals surface area contributed by atoms with Crippen LogP contribution in [0.15, 0.2) is 12.2 Å². The highest BCUT2D eigenvalue weighted by Gasteiger charge is 2.27. The van der Waals surface area contributed by atoms with E-state index in [0.29, 0.717) is 23.1 Å². The molecular formula is C14H29NO6P+. The van der Waals surface area contributed by atoms with Crippen LogP contribution in [0.2, 0.25) is 0 Å². The molecule has 0 spiro atoms. The lowest BCUT2D eigenvalue weighted by molar-refractivity contribution is -0.890. The number of carbonyl (C=O) groups excluding carboxylic acids is 1. The third kappa shape index (κ3) is 9.33. The second-order valence-electron chi connectivity index (χ2n) is 5.42. The van der Waals surface area contributed by atoms with Crippen LogP contribution in [0.1, 0.15) is 20.8 Å². The number of phosphoric acid groups is 1. The van der Waals surface area contributed by atoms with Crippen LogP contribution < -0.4 is 0 Å². The minimum absolute atomic E-state index is 0.221. The van der Waals surface area contributed by atoms with Crippen LogP contribution >= 0.6 is 7.82 Å². The summed E-state index contributed by atoms with van der Waals surface area (Å²) in [6.45, 7) is 10.8. The number of esters is 1. The van der Waals surface area contributed by atoms with Crippen LogP contribution in [0.3, 0.4) is 0 Å². The van der Waals surface area contributed by atoms with E-state index in [2.05, 4.69) is 6.58 Å². The minimum atomic E-state index is -3.47. The van der Waals surface area contributed by atoms with Gasteiger partial charge in [-0.1, -0.05) is 6.58 Å². The molecule has 0 aromatic heterocycles. The summed E-state index contributed by atoms with van der Waals surface area (Å²) in [5.41, 5.74) is 0.378. The largest absolute Gasteiger partial charge is 0.474 e. The molecule has 0 N–H and O–H groups in total. The summed E-state index contributed by atoms with van der Waals surface area (Å²) in [5.74, 6) is -0.395. The number of hydrogen-bond acceptors (Lipinski definition) is 6. The van der Waals surface area contributed by atoms with E-state index in [-0.39, 0.29) is 26.4 Å². The van der Waals surface area contributed by atoms with Gasteiger partial charge in [-0.3, -0.25) is 13.6 Å². The van der Waals surface area contributed by atoms with Gasteiger partial charge < -0.3 is 9.22 Å². The number of quaternary nitrogens is 1. The molecule has 22 heavy (non-hydrogen) atoms. The van der Waals surface area contributed by atoms with Crippen molar-refractivity contribution >= 4 is 13.8 Å². The monoisotopic (exact) mass is 338 g/mol. The second kappa shape index (κ2) is 10.1. The molecule has 0 atom stereocenters. The average Bonchev–Trinajstić information content (AvgIpc) is 2.38. The van der Waals surface area contributed by atoms with E-state index in [1.54, 1.807) is 20.8 Å². The lowest BCUT2D eigenvalue weighted by Gasteiger charge is -2.29. The van der Waals surface area contributed by atoms with Crippen LogP contribution in [-0.2, 0) is 27.7 Å². The SMILES string of the molecule is C=C(C)C(=O)OCC[N+](C)(C)CCOP(=O)(OCC)OCC. The molecule has 0 saturated carbocycles. The number of ether oxygens (including phenoxy) is 1. The van der Waals surface area contributed by atoms with Crippen molar-refractivity contribution in [2.45, 2.75) is 20.8 Å². The summed E-state index contributed by atoms with van der Waals surface area (Å²) < 4.78 is 33.1. The first-order chi connectivity index (χ1) is 10.2. The van der Waals surface area contributed by atoms with E-state index >= 15 is 0 Å². The van der Waals surface area contributed by atoms with Gasteiger partial charge in [0.05, 0.1) is 27.3 Å². The van der Waals surface area contributed by atoms with Gasteiger partial charge >= 0.3 is 13.8 Å². The smallest absolute Gasteiger partial charge is 0.456 e. The zero-order chi connectivity index (χ0) is 17.2. The molecule has 0 fully saturated rings. The summed E-state index contributed by atoms with van der Waals surface area (Å²) in [7, 11) is 0.458. The lowest BCUT2D eigenvalue weighted by Crippen LogP contribution is -2.44. The molecule has 0 aliphatic carbocycles. The van der Waals surface area contributed by atoms with E-state index in [0.717, 1.165) is 0 Å². The van der Waals surface area contributed by atoms with Gasteiger partial charge in [-0.05, 0) is 20.8 Å². The van der Waals surface area contributed by atoms with Crippen molar-refractivity contribution in [1.82, 2.24) is 0 Å². The van der Waals surface area contributed by atoms with E-state index < -0.39 is 13.8 Å². The summed E-state index contributed by atoms with van der Waals surface area (Å²) in [6, 6.07) is 0. The molecule has 130 valence electrons. The van der Waals surface area contributed by atoms with Crippen molar-refractivity contribution in [2.75, 3.05) is 53.6 Å². The highest BCUT2D eigenvalue weighted by atomic mass is 31.2. The molecule has 8 heteroatoms. The molecule has 7 nitrogen and oxygen atoms in total. The Bertz CT molecular complexity index is 400. The molecular weight excluding hydrogens is 309 g/mol.